The molecule has 0 radical (unpaired) electrons. The lowest BCUT2D eigenvalue weighted by Crippen LogP contribution is -2.41. The van der Waals surface area contributed by atoms with E-state index >= 15 is 0 Å². The van der Waals surface area contributed by atoms with Crippen molar-refractivity contribution in [3.63, 3.8) is 0 Å². The fourth-order valence-corrected chi connectivity index (χ4v) is 3.26. The summed E-state index contributed by atoms with van der Waals surface area (Å²) in [6.07, 6.45) is 4.42. The van der Waals surface area contributed by atoms with Gasteiger partial charge in [-0.25, -0.2) is 0 Å². The van der Waals surface area contributed by atoms with Crippen molar-refractivity contribution >= 4 is 21.8 Å². The summed E-state index contributed by atoms with van der Waals surface area (Å²) in [6, 6.07) is 5.47. The molecule has 2 rings (SSSR count). The Morgan fingerprint density at radius 2 is 2.21 bits per heavy atom. The van der Waals surface area contributed by atoms with Gasteiger partial charge in [0.25, 0.3) is 5.91 Å². The van der Waals surface area contributed by atoms with Gasteiger partial charge in [-0.2, -0.15) is 0 Å². The Balaban J connectivity index is 2.25. The molecule has 0 saturated carbocycles. The molecule has 1 aromatic carbocycles. The first-order chi connectivity index (χ1) is 9.13. The lowest BCUT2D eigenvalue weighted by Gasteiger charge is -2.29. The minimum atomic E-state index is -0.0520. The monoisotopic (exact) mass is 325 g/mol. The molecule has 1 heterocycles. The van der Waals surface area contributed by atoms with Crippen LogP contribution in [-0.2, 0) is 0 Å². The summed E-state index contributed by atoms with van der Waals surface area (Å²) < 4.78 is 0. The first-order valence-electron chi connectivity index (χ1n) is 6.80. The molecule has 104 valence electrons. The normalized spacial score (nSPS) is 20.1. The van der Waals surface area contributed by atoms with E-state index in [2.05, 4.69) is 15.9 Å². The molecule has 0 spiro atoms. The number of alkyl halides is 1. The van der Waals surface area contributed by atoms with Gasteiger partial charge in [-0.1, -0.05) is 34.8 Å². The second-order valence-electron chi connectivity index (χ2n) is 5.18. The lowest BCUT2D eigenvalue weighted by atomic mass is 10.1. The highest BCUT2D eigenvalue weighted by molar-refractivity contribution is 9.09. The number of phenolic OH excluding ortho intramolecular Hbond substituents is 1. The zero-order valence-electron chi connectivity index (χ0n) is 11.2. The van der Waals surface area contributed by atoms with E-state index in [0.29, 0.717) is 5.56 Å². The molecule has 19 heavy (non-hydrogen) atoms. The van der Waals surface area contributed by atoms with E-state index in [-0.39, 0.29) is 17.7 Å². The van der Waals surface area contributed by atoms with Crippen LogP contribution >= 0.6 is 15.9 Å². The number of aromatic hydroxyl groups is 1. The number of hydrogen-bond donors (Lipinski definition) is 1. The van der Waals surface area contributed by atoms with Crippen molar-refractivity contribution in [1.29, 1.82) is 0 Å². The topological polar surface area (TPSA) is 40.5 Å². The van der Waals surface area contributed by atoms with E-state index < -0.39 is 0 Å². The summed E-state index contributed by atoms with van der Waals surface area (Å²) in [4.78, 5) is 14.5. The summed E-state index contributed by atoms with van der Waals surface area (Å²) >= 11 is 3.50. The van der Waals surface area contributed by atoms with Gasteiger partial charge in [0.15, 0.2) is 0 Å². The Kier molecular flexibility index (Phi) is 4.86. The van der Waals surface area contributed by atoms with Gasteiger partial charge in [-0.05, 0) is 37.5 Å². The zero-order valence-corrected chi connectivity index (χ0v) is 12.8. The molecular formula is C15H20BrNO2. The Morgan fingerprint density at radius 3 is 2.89 bits per heavy atom. The van der Waals surface area contributed by atoms with Crippen molar-refractivity contribution in [2.45, 2.75) is 38.6 Å². The van der Waals surface area contributed by atoms with Crippen molar-refractivity contribution in [3.05, 3.63) is 29.3 Å². The number of aryl methyl sites for hydroxylation is 1. The molecule has 3 nitrogen and oxygen atoms in total. The number of halogens is 1. The Hall–Kier alpha value is -1.03. The van der Waals surface area contributed by atoms with Crippen LogP contribution in [0.15, 0.2) is 18.2 Å². The van der Waals surface area contributed by atoms with Gasteiger partial charge in [0.1, 0.15) is 5.75 Å². The fourth-order valence-electron chi connectivity index (χ4n) is 2.58. The van der Waals surface area contributed by atoms with Crippen LogP contribution in [0.3, 0.4) is 0 Å². The number of likely N-dealkylation sites (tertiary alicyclic amines) is 1. The zero-order chi connectivity index (χ0) is 13.8. The second-order valence-corrected chi connectivity index (χ2v) is 5.82. The molecule has 1 saturated heterocycles. The van der Waals surface area contributed by atoms with E-state index in [1.807, 2.05) is 17.9 Å². The van der Waals surface area contributed by atoms with Gasteiger partial charge in [0.2, 0.25) is 0 Å². The van der Waals surface area contributed by atoms with Crippen molar-refractivity contribution in [3.8, 4) is 5.75 Å². The van der Waals surface area contributed by atoms with Gasteiger partial charge in [-0.3, -0.25) is 4.79 Å². The molecule has 0 aliphatic carbocycles. The lowest BCUT2D eigenvalue weighted by molar-refractivity contribution is 0.0699. The molecule has 1 amide bonds. The first-order valence-corrected chi connectivity index (χ1v) is 7.92. The second kappa shape index (κ2) is 6.42. The minimum absolute atomic E-state index is 0.0520. The van der Waals surface area contributed by atoms with Crippen LogP contribution in [0, 0.1) is 6.92 Å². The maximum Gasteiger partial charge on any atom is 0.257 e. The highest BCUT2D eigenvalue weighted by Gasteiger charge is 2.26. The molecule has 4 heteroatoms. The first kappa shape index (κ1) is 14.4. The Bertz CT molecular complexity index is 461. The highest BCUT2D eigenvalue weighted by atomic mass is 79.9. The van der Waals surface area contributed by atoms with E-state index in [4.69, 9.17) is 0 Å². The molecule has 1 atom stereocenters. The number of carbonyl (C=O) groups is 1. The maximum absolute atomic E-state index is 12.6. The number of hydrogen-bond acceptors (Lipinski definition) is 2. The van der Waals surface area contributed by atoms with Crippen LogP contribution in [0.5, 0.6) is 5.75 Å². The SMILES string of the molecule is Cc1ccc(C(=O)N2CCCCCC2CBr)c(O)c1. The standard InChI is InChI=1S/C15H20BrNO2/c1-11-6-7-13(14(18)9-11)15(19)17-8-4-2-3-5-12(17)10-16/h6-7,9,12,18H,2-5,8,10H2,1H3. The number of amides is 1. The van der Waals surface area contributed by atoms with E-state index in [0.717, 1.165) is 30.3 Å². The van der Waals surface area contributed by atoms with E-state index in [1.165, 1.54) is 12.8 Å². The minimum Gasteiger partial charge on any atom is -0.507 e. The van der Waals surface area contributed by atoms with Crippen molar-refractivity contribution in [2.24, 2.45) is 0 Å². The predicted molar refractivity (Wildman–Crippen MR) is 79.9 cm³/mol. The molecule has 0 aromatic heterocycles. The van der Waals surface area contributed by atoms with Crippen LogP contribution in [0.4, 0.5) is 0 Å². The number of phenols is 1. The van der Waals surface area contributed by atoms with E-state index in [1.54, 1.807) is 12.1 Å². The molecule has 1 N–H and O–H groups in total. The summed E-state index contributed by atoms with van der Waals surface area (Å²) in [5.74, 6) is 0.0337. The summed E-state index contributed by atoms with van der Waals surface area (Å²) in [5.41, 5.74) is 1.38. The highest BCUT2D eigenvalue weighted by Crippen LogP contribution is 2.25. The number of carbonyl (C=O) groups excluding carboxylic acids is 1. The fraction of sp³-hybridized carbons (Fsp3) is 0.533. The van der Waals surface area contributed by atoms with Crippen LogP contribution in [0.25, 0.3) is 0 Å². The van der Waals surface area contributed by atoms with Crippen molar-refractivity contribution in [1.82, 2.24) is 4.90 Å². The third-order valence-electron chi connectivity index (χ3n) is 3.70. The van der Waals surface area contributed by atoms with Crippen LogP contribution in [0.2, 0.25) is 0 Å². The molecule has 1 fully saturated rings. The van der Waals surface area contributed by atoms with Gasteiger partial charge in [0.05, 0.1) is 5.56 Å². The molecule has 1 aliphatic heterocycles. The number of rotatable bonds is 2. The number of nitrogens with zero attached hydrogens (tertiary/aromatic N) is 1. The van der Waals surface area contributed by atoms with Gasteiger partial charge in [-0.15, -0.1) is 0 Å². The average Bonchev–Trinajstić information content (AvgIpc) is 2.63. The molecule has 1 aromatic rings. The predicted octanol–water partition coefficient (Wildman–Crippen LogP) is 3.48. The summed E-state index contributed by atoms with van der Waals surface area (Å²) in [6.45, 7) is 2.68. The summed E-state index contributed by atoms with van der Waals surface area (Å²) in [7, 11) is 0. The molecule has 1 unspecified atom stereocenters. The maximum atomic E-state index is 12.6. The number of benzene rings is 1. The smallest absolute Gasteiger partial charge is 0.257 e. The quantitative estimate of drug-likeness (QED) is 0.845. The third-order valence-corrected chi connectivity index (χ3v) is 4.45. The average molecular weight is 326 g/mol. The van der Waals surface area contributed by atoms with Gasteiger partial charge < -0.3 is 10.0 Å². The third kappa shape index (κ3) is 3.30. The largest absolute Gasteiger partial charge is 0.507 e. The van der Waals surface area contributed by atoms with Gasteiger partial charge >= 0.3 is 0 Å². The molecular weight excluding hydrogens is 306 g/mol. The molecule has 1 aliphatic rings. The van der Waals surface area contributed by atoms with Gasteiger partial charge in [0, 0.05) is 17.9 Å². The van der Waals surface area contributed by atoms with Crippen molar-refractivity contribution < 1.29 is 9.90 Å². The molecule has 0 bridgehead atoms. The van der Waals surface area contributed by atoms with Crippen LogP contribution < -0.4 is 0 Å². The Labute approximate surface area is 122 Å². The van der Waals surface area contributed by atoms with E-state index in [9.17, 15) is 9.90 Å². The van der Waals surface area contributed by atoms with Crippen molar-refractivity contribution in [2.75, 3.05) is 11.9 Å². The summed E-state index contributed by atoms with van der Waals surface area (Å²) in [5, 5.41) is 10.8. The van der Waals surface area contributed by atoms with Crippen LogP contribution in [0.1, 0.15) is 41.6 Å². The van der Waals surface area contributed by atoms with Crippen LogP contribution in [-0.4, -0.2) is 33.8 Å². The Morgan fingerprint density at radius 1 is 1.42 bits per heavy atom.